The van der Waals surface area contributed by atoms with E-state index in [9.17, 15) is 9.59 Å². The molecule has 19 heavy (non-hydrogen) atoms. The average Bonchev–Trinajstić information content (AvgIpc) is 2.39. The number of ether oxygens (including phenoxy) is 3. The molecule has 0 aliphatic heterocycles. The van der Waals surface area contributed by atoms with Crippen molar-refractivity contribution in [3.05, 3.63) is 29.3 Å². The summed E-state index contributed by atoms with van der Waals surface area (Å²) in [6.07, 6.45) is -0.590. The van der Waals surface area contributed by atoms with Gasteiger partial charge in [0.05, 0.1) is 11.1 Å². The first kappa shape index (κ1) is 14.9. The normalized spacial score (nSPS) is 10.5. The van der Waals surface area contributed by atoms with Gasteiger partial charge >= 0.3 is 11.9 Å². The smallest absolute Gasteiger partial charge is 0.336 e. The quantitative estimate of drug-likeness (QED) is 0.714. The molecule has 0 bridgehead atoms. The molecule has 0 fully saturated rings. The van der Waals surface area contributed by atoms with Gasteiger partial charge in [0.2, 0.25) is 0 Å². The van der Waals surface area contributed by atoms with Gasteiger partial charge in [0.25, 0.3) is 0 Å². The third kappa shape index (κ3) is 3.94. The van der Waals surface area contributed by atoms with E-state index in [0.717, 1.165) is 6.07 Å². The number of methoxy groups -OCH3 is 2. The predicted octanol–water partition coefficient (Wildman–Crippen LogP) is 1.08. The van der Waals surface area contributed by atoms with Crippen LogP contribution >= 0.6 is 0 Å². The topological polar surface area (TPSA) is 102 Å². The van der Waals surface area contributed by atoms with Gasteiger partial charge in [-0.1, -0.05) is 0 Å². The highest BCUT2D eigenvalue weighted by Gasteiger charge is 2.17. The van der Waals surface area contributed by atoms with Crippen molar-refractivity contribution in [1.29, 1.82) is 0 Å². The monoisotopic (exact) mass is 270 g/mol. The van der Waals surface area contributed by atoms with Crippen molar-refractivity contribution in [2.45, 2.75) is 6.29 Å². The lowest BCUT2D eigenvalue weighted by Crippen LogP contribution is -2.22. The average molecular weight is 270 g/mol. The molecule has 2 N–H and O–H groups in total. The number of carboxylic acid groups (broad SMARTS) is 2. The number of carboxylic acids is 2. The summed E-state index contributed by atoms with van der Waals surface area (Å²) in [5.74, 6) is -2.42. The van der Waals surface area contributed by atoms with Gasteiger partial charge in [-0.2, -0.15) is 0 Å². The number of benzene rings is 1. The maximum Gasteiger partial charge on any atom is 0.336 e. The van der Waals surface area contributed by atoms with Crippen LogP contribution in [0.5, 0.6) is 5.75 Å². The summed E-state index contributed by atoms with van der Waals surface area (Å²) in [6, 6.07) is 3.70. The van der Waals surface area contributed by atoms with E-state index in [0.29, 0.717) is 0 Å². The fourth-order valence-electron chi connectivity index (χ4n) is 1.37. The van der Waals surface area contributed by atoms with Crippen molar-refractivity contribution < 1.29 is 34.0 Å². The Morgan fingerprint density at radius 1 is 1.11 bits per heavy atom. The Kier molecular flexibility index (Phi) is 5.28. The van der Waals surface area contributed by atoms with Crippen molar-refractivity contribution in [3.63, 3.8) is 0 Å². The van der Waals surface area contributed by atoms with Gasteiger partial charge in [-0.15, -0.1) is 0 Å². The first-order valence-corrected chi connectivity index (χ1v) is 5.28. The minimum atomic E-state index is -1.34. The molecule has 7 nitrogen and oxygen atoms in total. The summed E-state index contributed by atoms with van der Waals surface area (Å²) in [4.78, 5) is 21.8. The molecule has 1 rings (SSSR count). The van der Waals surface area contributed by atoms with E-state index >= 15 is 0 Å². The van der Waals surface area contributed by atoms with Crippen LogP contribution in [0.15, 0.2) is 18.2 Å². The van der Waals surface area contributed by atoms with Crippen LogP contribution in [0.2, 0.25) is 0 Å². The van der Waals surface area contributed by atoms with Crippen LogP contribution in [-0.4, -0.2) is 49.3 Å². The number of hydrogen-bond donors (Lipinski definition) is 2. The molecule has 0 saturated heterocycles. The van der Waals surface area contributed by atoms with Crippen LogP contribution in [0.1, 0.15) is 20.7 Å². The molecule has 0 radical (unpaired) electrons. The highest BCUT2D eigenvalue weighted by molar-refractivity contribution is 6.01. The summed E-state index contributed by atoms with van der Waals surface area (Å²) in [7, 11) is 2.88. The van der Waals surface area contributed by atoms with Crippen molar-refractivity contribution in [2.24, 2.45) is 0 Å². The Labute approximate surface area is 109 Å². The zero-order valence-electron chi connectivity index (χ0n) is 10.5. The predicted molar refractivity (Wildman–Crippen MR) is 63.7 cm³/mol. The van der Waals surface area contributed by atoms with Crippen LogP contribution in [-0.2, 0) is 9.47 Å². The Balaban J connectivity index is 2.90. The zero-order chi connectivity index (χ0) is 14.4. The molecule has 0 saturated carbocycles. The Bertz CT molecular complexity index is 465. The number of rotatable bonds is 7. The lowest BCUT2D eigenvalue weighted by Gasteiger charge is -2.14. The second-order valence-electron chi connectivity index (χ2n) is 3.53. The molecular weight excluding hydrogens is 256 g/mol. The fourth-order valence-corrected chi connectivity index (χ4v) is 1.37. The molecule has 0 aromatic heterocycles. The van der Waals surface area contributed by atoms with E-state index in [1.807, 2.05) is 0 Å². The summed E-state index contributed by atoms with van der Waals surface area (Å²) >= 11 is 0. The first-order chi connectivity index (χ1) is 8.99. The highest BCUT2D eigenvalue weighted by Crippen LogP contribution is 2.18. The molecular formula is C12H14O7. The van der Waals surface area contributed by atoms with Crippen LogP contribution in [0.3, 0.4) is 0 Å². The minimum absolute atomic E-state index is 0.0540. The highest BCUT2D eigenvalue weighted by atomic mass is 16.7. The molecule has 0 amide bonds. The van der Waals surface area contributed by atoms with Crippen molar-refractivity contribution in [2.75, 3.05) is 20.8 Å². The van der Waals surface area contributed by atoms with Crippen LogP contribution in [0.25, 0.3) is 0 Å². The molecule has 1 aromatic rings. The second-order valence-corrected chi connectivity index (χ2v) is 3.53. The molecule has 0 aliphatic carbocycles. The zero-order valence-corrected chi connectivity index (χ0v) is 10.5. The lowest BCUT2D eigenvalue weighted by molar-refractivity contribution is -0.121. The summed E-state index contributed by atoms with van der Waals surface area (Å²) in [5.41, 5.74) is -0.633. The molecule has 0 spiro atoms. The van der Waals surface area contributed by atoms with E-state index in [1.54, 1.807) is 0 Å². The third-order valence-corrected chi connectivity index (χ3v) is 2.36. The molecule has 104 valence electrons. The summed E-state index contributed by atoms with van der Waals surface area (Å²) in [6.45, 7) is 0.0540. The van der Waals surface area contributed by atoms with E-state index in [2.05, 4.69) is 0 Å². The molecule has 0 unspecified atom stereocenters. The standard InChI is InChI=1S/C12H14O7/c1-17-10(18-2)6-19-7-3-4-8(11(13)14)9(5-7)12(15)16/h3-5,10H,6H2,1-2H3,(H,13,14)(H,15,16). The third-order valence-electron chi connectivity index (χ3n) is 2.36. The molecule has 0 aliphatic rings. The fraction of sp³-hybridized carbons (Fsp3) is 0.333. The minimum Gasteiger partial charge on any atom is -0.488 e. The summed E-state index contributed by atoms with van der Waals surface area (Å²) < 4.78 is 15.1. The molecule has 0 atom stereocenters. The van der Waals surface area contributed by atoms with Crippen LogP contribution < -0.4 is 4.74 Å². The van der Waals surface area contributed by atoms with Gasteiger partial charge in [0, 0.05) is 14.2 Å². The first-order valence-electron chi connectivity index (χ1n) is 5.28. The van der Waals surface area contributed by atoms with Crippen molar-refractivity contribution in [1.82, 2.24) is 0 Å². The van der Waals surface area contributed by atoms with Crippen LogP contribution in [0.4, 0.5) is 0 Å². The largest absolute Gasteiger partial charge is 0.488 e. The maximum atomic E-state index is 11.0. The summed E-state index contributed by atoms with van der Waals surface area (Å²) in [5, 5.41) is 17.8. The molecule has 0 heterocycles. The van der Waals surface area contributed by atoms with E-state index in [4.69, 9.17) is 24.4 Å². The van der Waals surface area contributed by atoms with Gasteiger partial charge < -0.3 is 24.4 Å². The number of hydrogen-bond acceptors (Lipinski definition) is 5. The SMILES string of the molecule is COC(COc1ccc(C(=O)O)c(C(=O)O)c1)OC. The number of carbonyl (C=O) groups is 2. The second kappa shape index (κ2) is 6.72. The Morgan fingerprint density at radius 3 is 2.16 bits per heavy atom. The van der Waals surface area contributed by atoms with Gasteiger partial charge in [0.1, 0.15) is 12.4 Å². The van der Waals surface area contributed by atoms with Gasteiger partial charge in [-0.05, 0) is 18.2 Å². The molecule has 1 aromatic carbocycles. The van der Waals surface area contributed by atoms with Gasteiger partial charge in [-0.3, -0.25) is 0 Å². The van der Waals surface area contributed by atoms with Crippen molar-refractivity contribution >= 4 is 11.9 Å². The number of aromatic carboxylic acids is 2. The van der Waals surface area contributed by atoms with Crippen LogP contribution in [0, 0.1) is 0 Å². The van der Waals surface area contributed by atoms with E-state index < -0.39 is 18.2 Å². The lowest BCUT2D eigenvalue weighted by atomic mass is 10.1. The Hall–Kier alpha value is -2.12. The van der Waals surface area contributed by atoms with Gasteiger partial charge in [0.15, 0.2) is 6.29 Å². The van der Waals surface area contributed by atoms with E-state index in [1.165, 1.54) is 26.4 Å². The van der Waals surface area contributed by atoms with Crippen molar-refractivity contribution in [3.8, 4) is 5.75 Å². The van der Waals surface area contributed by atoms with Gasteiger partial charge in [-0.25, -0.2) is 9.59 Å². The maximum absolute atomic E-state index is 11.0. The van der Waals surface area contributed by atoms with E-state index in [-0.39, 0.29) is 23.5 Å². The Morgan fingerprint density at radius 2 is 1.68 bits per heavy atom. The molecule has 7 heteroatoms.